The third-order valence-electron chi connectivity index (χ3n) is 3.05. The molecule has 0 unspecified atom stereocenters. The largest absolute Gasteiger partial charge is 0.427 e. The molecule has 0 N–H and O–H groups in total. The van der Waals surface area contributed by atoms with Gasteiger partial charge in [0, 0.05) is 20.1 Å². The van der Waals surface area contributed by atoms with Crippen molar-refractivity contribution in [1.29, 1.82) is 0 Å². The zero-order valence-corrected chi connectivity index (χ0v) is 11.7. The molecule has 0 bridgehead atoms. The quantitative estimate of drug-likeness (QED) is 0.613. The van der Waals surface area contributed by atoms with Gasteiger partial charge in [0.2, 0.25) is 0 Å². The Morgan fingerprint density at radius 3 is 2.65 bits per heavy atom. The number of hydrogen-bond donors (Lipinski definition) is 0. The number of benzene rings is 1. The molecular formula is C16H20O4. The molecule has 20 heavy (non-hydrogen) atoms. The van der Waals surface area contributed by atoms with Crippen molar-refractivity contribution in [2.75, 3.05) is 19.8 Å². The number of carbonyl (C=O) groups excluding carboxylic acids is 1. The minimum Gasteiger partial charge on any atom is -0.427 e. The second-order valence-electron chi connectivity index (χ2n) is 4.71. The van der Waals surface area contributed by atoms with Gasteiger partial charge in [-0.15, -0.1) is 0 Å². The topological polar surface area (TPSA) is 44.8 Å². The Kier molecular flexibility index (Phi) is 5.77. The van der Waals surface area contributed by atoms with Crippen molar-refractivity contribution < 1.29 is 19.0 Å². The fourth-order valence-corrected chi connectivity index (χ4v) is 2.03. The normalized spacial score (nSPS) is 16.4. The maximum absolute atomic E-state index is 10.8. The number of hydrogen-bond acceptors (Lipinski definition) is 4. The summed E-state index contributed by atoms with van der Waals surface area (Å²) in [5.41, 5.74) is 1.05. The Labute approximate surface area is 119 Å². The molecule has 0 atom stereocenters. The van der Waals surface area contributed by atoms with Crippen molar-refractivity contribution in [2.24, 2.45) is 0 Å². The lowest BCUT2D eigenvalue weighted by Crippen LogP contribution is -2.23. The molecule has 1 aromatic rings. The van der Waals surface area contributed by atoms with Crippen molar-refractivity contribution in [2.45, 2.75) is 25.9 Å². The lowest BCUT2D eigenvalue weighted by molar-refractivity contribution is -0.131. The summed E-state index contributed by atoms with van der Waals surface area (Å²) in [6.45, 7) is 3.59. The molecule has 1 aliphatic rings. The van der Waals surface area contributed by atoms with E-state index < -0.39 is 0 Å². The van der Waals surface area contributed by atoms with Gasteiger partial charge in [0.05, 0.1) is 12.7 Å². The molecule has 0 aliphatic carbocycles. The van der Waals surface area contributed by atoms with Crippen molar-refractivity contribution >= 4 is 12.0 Å². The van der Waals surface area contributed by atoms with Crippen LogP contribution in [0.2, 0.25) is 0 Å². The molecule has 0 saturated carbocycles. The highest BCUT2D eigenvalue weighted by Gasteiger charge is 2.12. The first-order valence-electron chi connectivity index (χ1n) is 6.88. The van der Waals surface area contributed by atoms with E-state index in [4.69, 9.17) is 14.2 Å². The summed E-state index contributed by atoms with van der Waals surface area (Å²) >= 11 is 0. The highest BCUT2D eigenvalue weighted by atomic mass is 16.5. The first kappa shape index (κ1) is 14.8. The average Bonchev–Trinajstić information content (AvgIpc) is 2.46. The van der Waals surface area contributed by atoms with Crippen LogP contribution in [0.25, 0.3) is 6.08 Å². The molecule has 4 heteroatoms. The lowest BCUT2D eigenvalue weighted by Gasteiger charge is -2.21. The monoisotopic (exact) mass is 276 g/mol. The van der Waals surface area contributed by atoms with E-state index in [-0.39, 0.29) is 5.97 Å². The molecule has 2 rings (SSSR count). The Bertz CT molecular complexity index is 444. The van der Waals surface area contributed by atoms with Crippen molar-refractivity contribution in [3.05, 3.63) is 35.9 Å². The maximum atomic E-state index is 10.8. The minimum absolute atomic E-state index is 0.307. The van der Waals surface area contributed by atoms with Crippen LogP contribution in [0.3, 0.4) is 0 Å². The third-order valence-corrected chi connectivity index (χ3v) is 3.05. The summed E-state index contributed by atoms with van der Waals surface area (Å²) in [6, 6.07) is 7.37. The van der Waals surface area contributed by atoms with Gasteiger partial charge in [0.15, 0.2) is 0 Å². The first-order valence-corrected chi connectivity index (χ1v) is 6.88. The van der Waals surface area contributed by atoms with Crippen LogP contribution in [0.15, 0.2) is 30.3 Å². The van der Waals surface area contributed by atoms with Crippen LogP contribution in [-0.2, 0) is 14.3 Å². The van der Waals surface area contributed by atoms with Gasteiger partial charge < -0.3 is 14.2 Å². The molecule has 0 amide bonds. The Morgan fingerprint density at radius 2 is 2.00 bits per heavy atom. The smallest absolute Gasteiger partial charge is 0.308 e. The van der Waals surface area contributed by atoms with E-state index >= 15 is 0 Å². The summed E-state index contributed by atoms with van der Waals surface area (Å²) in [5.74, 6) is 0.256. The minimum atomic E-state index is -0.307. The molecule has 1 saturated heterocycles. The van der Waals surface area contributed by atoms with Gasteiger partial charge in [-0.25, -0.2) is 0 Å². The standard InChI is InChI=1S/C16H20O4/c1-13(17)20-16-6-4-14(5-7-16)3-2-10-19-15-8-11-18-12-9-15/h2-7,15H,8-12H2,1H3. The molecule has 1 aromatic carbocycles. The molecule has 1 heterocycles. The summed E-state index contributed by atoms with van der Waals surface area (Å²) in [7, 11) is 0. The molecule has 108 valence electrons. The van der Waals surface area contributed by atoms with Gasteiger partial charge in [0.25, 0.3) is 0 Å². The Balaban J connectivity index is 1.74. The van der Waals surface area contributed by atoms with E-state index in [2.05, 4.69) is 0 Å². The molecule has 0 radical (unpaired) electrons. The summed E-state index contributed by atoms with van der Waals surface area (Å²) in [4.78, 5) is 10.8. The number of ether oxygens (including phenoxy) is 3. The third kappa shape index (κ3) is 5.15. The van der Waals surface area contributed by atoms with Crippen LogP contribution in [0.1, 0.15) is 25.3 Å². The van der Waals surface area contributed by atoms with Crippen molar-refractivity contribution in [3.8, 4) is 5.75 Å². The maximum Gasteiger partial charge on any atom is 0.308 e. The first-order chi connectivity index (χ1) is 9.74. The van der Waals surface area contributed by atoms with Crippen LogP contribution in [0, 0.1) is 0 Å². The second kappa shape index (κ2) is 7.82. The molecule has 0 spiro atoms. The van der Waals surface area contributed by atoms with Gasteiger partial charge in [-0.3, -0.25) is 4.79 Å². The van der Waals surface area contributed by atoms with Gasteiger partial charge in [0.1, 0.15) is 5.75 Å². The van der Waals surface area contributed by atoms with E-state index in [0.717, 1.165) is 31.6 Å². The highest BCUT2D eigenvalue weighted by Crippen LogP contribution is 2.14. The molecule has 1 aliphatic heterocycles. The lowest BCUT2D eigenvalue weighted by atomic mass is 10.1. The Hall–Kier alpha value is -1.65. The second-order valence-corrected chi connectivity index (χ2v) is 4.71. The van der Waals surface area contributed by atoms with E-state index in [0.29, 0.717) is 18.5 Å². The predicted molar refractivity (Wildman–Crippen MR) is 76.6 cm³/mol. The van der Waals surface area contributed by atoms with E-state index in [1.807, 2.05) is 24.3 Å². The molecule has 4 nitrogen and oxygen atoms in total. The van der Waals surface area contributed by atoms with Crippen LogP contribution < -0.4 is 4.74 Å². The van der Waals surface area contributed by atoms with Gasteiger partial charge in [-0.1, -0.05) is 24.3 Å². The Morgan fingerprint density at radius 1 is 1.30 bits per heavy atom. The van der Waals surface area contributed by atoms with E-state index in [1.165, 1.54) is 6.92 Å². The van der Waals surface area contributed by atoms with E-state index in [1.54, 1.807) is 12.1 Å². The van der Waals surface area contributed by atoms with Gasteiger partial charge >= 0.3 is 5.97 Å². The van der Waals surface area contributed by atoms with Crippen molar-refractivity contribution in [3.63, 3.8) is 0 Å². The van der Waals surface area contributed by atoms with Crippen LogP contribution in [-0.4, -0.2) is 31.9 Å². The van der Waals surface area contributed by atoms with Gasteiger partial charge in [-0.05, 0) is 30.5 Å². The SMILES string of the molecule is CC(=O)Oc1ccc(C=CCOC2CCOCC2)cc1. The highest BCUT2D eigenvalue weighted by molar-refractivity contribution is 5.69. The molecule has 1 fully saturated rings. The summed E-state index contributed by atoms with van der Waals surface area (Å²) in [5, 5.41) is 0. The van der Waals surface area contributed by atoms with Crippen LogP contribution >= 0.6 is 0 Å². The summed E-state index contributed by atoms with van der Waals surface area (Å²) in [6.07, 6.45) is 6.27. The fourth-order valence-electron chi connectivity index (χ4n) is 2.03. The number of rotatable bonds is 5. The molecular weight excluding hydrogens is 256 g/mol. The van der Waals surface area contributed by atoms with E-state index in [9.17, 15) is 4.79 Å². The number of esters is 1. The number of carbonyl (C=O) groups is 1. The molecule has 0 aromatic heterocycles. The average molecular weight is 276 g/mol. The fraction of sp³-hybridized carbons (Fsp3) is 0.438. The van der Waals surface area contributed by atoms with Crippen molar-refractivity contribution in [1.82, 2.24) is 0 Å². The zero-order valence-electron chi connectivity index (χ0n) is 11.7. The predicted octanol–water partition coefficient (Wildman–Crippen LogP) is 2.82. The summed E-state index contributed by atoms with van der Waals surface area (Å²) < 4.78 is 16.0. The van der Waals surface area contributed by atoms with Gasteiger partial charge in [-0.2, -0.15) is 0 Å². The zero-order chi connectivity index (χ0) is 14.2. The van der Waals surface area contributed by atoms with Crippen LogP contribution in [0.5, 0.6) is 5.75 Å². The van der Waals surface area contributed by atoms with Crippen LogP contribution in [0.4, 0.5) is 0 Å².